The van der Waals surface area contributed by atoms with Crippen molar-refractivity contribution in [1.82, 2.24) is 15.1 Å². The van der Waals surface area contributed by atoms with Gasteiger partial charge in [-0.3, -0.25) is 10.00 Å². The van der Waals surface area contributed by atoms with Gasteiger partial charge in [0.25, 0.3) is 0 Å². The van der Waals surface area contributed by atoms with Crippen molar-refractivity contribution in [2.75, 3.05) is 18.4 Å². The highest BCUT2D eigenvalue weighted by molar-refractivity contribution is 5.81. The summed E-state index contributed by atoms with van der Waals surface area (Å²) in [4.78, 5) is 2.54. The molecule has 1 aliphatic rings. The number of aromatic nitrogens is 2. The van der Waals surface area contributed by atoms with Crippen molar-refractivity contribution >= 4 is 16.6 Å². The lowest BCUT2D eigenvalue weighted by Crippen LogP contribution is -2.41. The summed E-state index contributed by atoms with van der Waals surface area (Å²) in [6.07, 6.45) is 6.01. The van der Waals surface area contributed by atoms with Crippen molar-refractivity contribution in [3.63, 3.8) is 0 Å². The van der Waals surface area contributed by atoms with Crippen molar-refractivity contribution < 1.29 is 4.42 Å². The van der Waals surface area contributed by atoms with E-state index in [1.165, 1.54) is 24.1 Å². The lowest BCUT2D eigenvalue weighted by atomic mass is 10.0. The lowest BCUT2D eigenvalue weighted by Gasteiger charge is -2.33. The van der Waals surface area contributed by atoms with Crippen LogP contribution in [0.1, 0.15) is 18.4 Å². The number of nitrogens with zero attached hydrogens (tertiary/aromatic N) is 2. The highest BCUT2D eigenvalue weighted by Crippen LogP contribution is 2.24. The Morgan fingerprint density at radius 3 is 3.07 bits per heavy atom. The Morgan fingerprint density at radius 2 is 2.14 bits per heavy atom. The highest BCUT2D eigenvalue weighted by Gasteiger charge is 2.20. The normalized spacial score (nSPS) is 17.8. The zero-order valence-corrected chi connectivity index (χ0v) is 15.8. The number of hydrogen-bond acceptors (Lipinski definition) is 4. The summed E-state index contributed by atoms with van der Waals surface area (Å²) in [6.45, 7) is 3.16. The van der Waals surface area contributed by atoms with E-state index in [1.807, 2.05) is 18.3 Å². The molecule has 2 N–H and O–H groups in total. The van der Waals surface area contributed by atoms with Crippen molar-refractivity contribution in [2.45, 2.75) is 25.4 Å². The van der Waals surface area contributed by atoms with E-state index in [9.17, 15) is 0 Å². The maximum absolute atomic E-state index is 5.54. The van der Waals surface area contributed by atoms with Crippen LogP contribution in [0, 0.1) is 0 Å². The molecular weight excluding hydrogens is 348 g/mol. The van der Waals surface area contributed by atoms with E-state index in [4.69, 9.17) is 4.42 Å². The molecule has 1 atom stereocenters. The molecule has 4 aromatic rings. The monoisotopic (exact) mass is 372 g/mol. The van der Waals surface area contributed by atoms with Crippen LogP contribution in [-0.2, 0) is 6.54 Å². The number of fused-ring (bicyclic) bond motifs is 1. The van der Waals surface area contributed by atoms with Gasteiger partial charge < -0.3 is 9.73 Å². The summed E-state index contributed by atoms with van der Waals surface area (Å²) in [5.41, 5.74) is 4.71. The molecule has 0 saturated carbocycles. The third kappa shape index (κ3) is 3.66. The largest absolute Gasteiger partial charge is 0.464 e. The molecule has 2 aromatic carbocycles. The maximum atomic E-state index is 5.54. The fraction of sp³-hybridized carbons (Fsp3) is 0.261. The van der Waals surface area contributed by atoms with E-state index in [0.717, 1.165) is 41.9 Å². The second-order valence-corrected chi connectivity index (χ2v) is 7.57. The smallest absolute Gasteiger partial charge is 0.133 e. The molecule has 0 radical (unpaired) electrons. The number of anilines is 1. The Hall–Kier alpha value is -3.05. The molecule has 3 heterocycles. The molecule has 0 bridgehead atoms. The van der Waals surface area contributed by atoms with Gasteiger partial charge in [-0.1, -0.05) is 18.2 Å². The number of benzene rings is 2. The number of furan rings is 1. The van der Waals surface area contributed by atoms with E-state index in [-0.39, 0.29) is 0 Å². The standard InChI is InChI=1S/C23H24N4O/c1-4-17(12-18(5-1)23-7-3-11-28-23)15-27-10-2-6-21(16-27)25-20-8-9-22-19(13-20)14-24-26-22/h1,3-5,7-9,11-14,21,25H,2,6,10,15-16H2,(H,24,26). The summed E-state index contributed by atoms with van der Waals surface area (Å²) in [6, 6.07) is 19.5. The summed E-state index contributed by atoms with van der Waals surface area (Å²) >= 11 is 0. The highest BCUT2D eigenvalue weighted by atomic mass is 16.3. The summed E-state index contributed by atoms with van der Waals surface area (Å²) in [5, 5.41) is 12.0. The molecule has 1 aliphatic heterocycles. The van der Waals surface area contributed by atoms with Crippen LogP contribution in [0.5, 0.6) is 0 Å². The molecule has 1 saturated heterocycles. The van der Waals surface area contributed by atoms with Crippen molar-refractivity contribution in [1.29, 1.82) is 0 Å². The molecule has 5 nitrogen and oxygen atoms in total. The third-order valence-corrected chi connectivity index (χ3v) is 5.46. The van der Waals surface area contributed by atoms with Gasteiger partial charge in [-0.25, -0.2) is 0 Å². The van der Waals surface area contributed by atoms with Crippen molar-refractivity contribution in [3.8, 4) is 11.3 Å². The molecule has 142 valence electrons. The molecule has 2 aromatic heterocycles. The molecule has 5 rings (SSSR count). The SMILES string of the molecule is c1cc(CN2CCCC(Nc3ccc4[nH]ncc4c3)C2)cc(-c2ccco2)c1. The first-order chi connectivity index (χ1) is 13.8. The van der Waals surface area contributed by atoms with Gasteiger partial charge in [0, 0.05) is 35.8 Å². The molecular formula is C23H24N4O. The lowest BCUT2D eigenvalue weighted by molar-refractivity contribution is 0.208. The first-order valence-electron chi connectivity index (χ1n) is 9.88. The van der Waals surface area contributed by atoms with E-state index >= 15 is 0 Å². The first-order valence-corrected chi connectivity index (χ1v) is 9.88. The van der Waals surface area contributed by atoms with Gasteiger partial charge in [0.05, 0.1) is 18.0 Å². The number of H-pyrrole nitrogens is 1. The van der Waals surface area contributed by atoms with Crippen molar-refractivity contribution in [2.24, 2.45) is 0 Å². The zero-order valence-electron chi connectivity index (χ0n) is 15.8. The number of hydrogen-bond donors (Lipinski definition) is 2. The quantitative estimate of drug-likeness (QED) is 0.523. The van der Waals surface area contributed by atoms with E-state index in [2.05, 4.69) is 62.9 Å². The van der Waals surface area contributed by atoms with Crippen LogP contribution in [-0.4, -0.2) is 34.2 Å². The van der Waals surface area contributed by atoms with E-state index < -0.39 is 0 Å². The Labute approximate surface area is 164 Å². The average molecular weight is 372 g/mol. The number of nitrogens with one attached hydrogen (secondary N) is 2. The fourth-order valence-electron chi connectivity index (χ4n) is 4.11. The Balaban J connectivity index is 1.25. The topological polar surface area (TPSA) is 57.1 Å². The van der Waals surface area contributed by atoms with Gasteiger partial charge in [-0.15, -0.1) is 0 Å². The van der Waals surface area contributed by atoms with Crippen LogP contribution in [0.4, 0.5) is 5.69 Å². The van der Waals surface area contributed by atoms with E-state index in [0.29, 0.717) is 6.04 Å². The zero-order chi connectivity index (χ0) is 18.8. The summed E-state index contributed by atoms with van der Waals surface area (Å²) < 4.78 is 5.54. The predicted octanol–water partition coefficient (Wildman–Crippen LogP) is 4.90. The Bertz CT molecular complexity index is 1050. The van der Waals surface area contributed by atoms with Gasteiger partial charge in [-0.2, -0.15) is 5.10 Å². The fourth-order valence-corrected chi connectivity index (χ4v) is 4.11. The Kier molecular flexibility index (Phi) is 4.59. The van der Waals surface area contributed by atoms with Gasteiger partial charge in [0.15, 0.2) is 0 Å². The molecule has 28 heavy (non-hydrogen) atoms. The second-order valence-electron chi connectivity index (χ2n) is 7.57. The number of piperidine rings is 1. The second kappa shape index (κ2) is 7.52. The predicted molar refractivity (Wildman–Crippen MR) is 112 cm³/mol. The van der Waals surface area contributed by atoms with E-state index in [1.54, 1.807) is 6.26 Å². The third-order valence-electron chi connectivity index (χ3n) is 5.46. The van der Waals surface area contributed by atoms with Crippen LogP contribution in [0.15, 0.2) is 71.5 Å². The molecule has 0 aliphatic carbocycles. The van der Waals surface area contributed by atoms with Crippen LogP contribution in [0.25, 0.3) is 22.2 Å². The van der Waals surface area contributed by atoms with Crippen LogP contribution >= 0.6 is 0 Å². The summed E-state index contributed by atoms with van der Waals surface area (Å²) in [7, 11) is 0. The van der Waals surface area contributed by atoms with Gasteiger partial charge in [0.2, 0.25) is 0 Å². The first kappa shape index (κ1) is 17.1. The molecule has 1 fully saturated rings. The average Bonchev–Trinajstić information content (AvgIpc) is 3.40. The minimum atomic E-state index is 0.464. The maximum Gasteiger partial charge on any atom is 0.133 e. The molecule has 0 amide bonds. The molecule has 0 spiro atoms. The van der Waals surface area contributed by atoms with Crippen LogP contribution in [0.3, 0.4) is 0 Å². The number of aromatic amines is 1. The van der Waals surface area contributed by atoms with Gasteiger partial charge in [0.1, 0.15) is 5.76 Å². The van der Waals surface area contributed by atoms with Gasteiger partial charge in [-0.05, 0) is 61.3 Å². The minimum Gasteiger partial charge on any atom is -0.464 e. The van der Waals surface area contributed by atoms with Crippen LogP contribution < -0.4 is 5.32 Å². The number of likely N-dealkylation sites (tertiary alicyclic amines) is 1. The van der Waals surface area contributed by atoms with Crippen molar-refractivity contribution in [3.05, 3.63) is 72.6 Å². The molecule has 1 unspecified atom stereocenters. The number of rotatable bonds is 5. The molecule has 5 heteroatoms. The van der Waals surface area contributed by atoms with Crippen LogP contribution in [0.2, 0.25) is 0 Å². The minimum absolute atomic E-state index is 0.464. The Morgan fingerprint density at radius 1 is 1.14 bits per heavy atom. The summed E-state index contributed by atoms with van der Waals surface area (Å²) in [5.74, 6) is 0.926. The van der Waals surface area contributed by atoms with Gasteiger partial charge >= 0.3 is 0 Å².